The van der Waals surface area contributed by atoms with Crippen LogP contribution in [0.3, 0.4) is 0 Å². The van der Waals surface area contributed by atoms with Gasteiger partial charge in [-0.25, -0.2) is 4.79 Å². The van der Waals surface area contributed by atoms with Gasteiger partial charge in [-0.1, -0.05) is 0 Å². The maximum atomic E-state index is 12.4. The number of rotatable bonds is 2. The second-order valence-corrected chi connectivity index (χ2v) is 6.75. The molecule has 7 nitrogen and oxygen atoms in total. The average molecular weight is 313 g/mol. The number of morpholine rings is 1. The van der Waals surface area contributed by atoms with Gasteiger partial charge >= 0.3 is 6.03 Å². The Balaban J connectivity index is 1.65. The Morgan fingerprint density at radius 1 is 1.29 bits per heavy atom. The predicted molar refractivity (Wildman–Crippen MR) is 76.7 cm³/mol. The maximum absolute atomic E-state index is 12.4. The van der Waals surface area contributed by atoms with E-state index in [0.717, 1.165) is 4.90 Å². The van der Waals surface area contributed by atoms with Gasteiger partial charge in [-0.15, -0.1) is 11.8 Å². The first kappa shape index (κ1) is 14.6. The molecule has 3 fully saturated rings. The quantitative estimate of drug-likeness (QED) is 0.669. The van der Waals surface area contributed by atoms with Crippen molar-refractivity contribution in [3.63, 3.8) is 0 Å². The zero-order valence-corrected chi connectivity index (χ0v) is 13.0. The van der Waals surface area contributed by atoms with Gasteiger partial charge in [0.05, 0.1) is 18.1 Å². The van der Waals surface area contributed by atoms with Crippen molar-refractivity contribution in [3.8, 4) is 0 Å². The van der Waals surface area contributed by atoms with Crippen LogP contribution in [-0.4, -0.2) is 82.1 Å². The fraction of sp³-hybridized carbons (Fsp3) is 0.769. The lowest BCUT2D eigenvalue weighted by Gasteiger charge is -2.35. The summed E-state index contributed by atoms with van der Waals surface area (Å²) >= 11 is 1.57. The highest BCUT2D eigenvalue weighted by Gasteiger charge is 2.48. The molecule has 0 radical (unpaired) electrons. The number of hydrogen-bond acceptors (Lipinski definition) is 5. The standard InChI is InChI=1S/C13H19N3O4S/c1-8-3-14(4-9(2)20-8)11(17)5-15-12(18)10-6-21-7-16(10)13(15)19/h8-10H,3-7H2,1-2H3. The zero-order chi connectivity index (χ0) is 15.1. The van der Waals surface area contributed by atoms with Gasteiger partial charge in [0, 0.05) is 18.8 Å². The van der Waals surface area contributed by atoms with Gasteiger partial charge in [0.1, 0.15) is 12.6 Å². The molecule has 3 rings (SSSR count). The molecular formula is C13H19N3O4S. The molecule has 3 saturated heterocycles. The van der Waals surface area contributed by atoms with E-state index >= 15 is 0 Å². The molecule has 0 aliphatic carbocycles. The van der Waals surface area contributed by atoms with Gasteiger partial charge in [0.15, 0.2) is 0 Å². The Morgan fingerprint density at radius 2 is 1.95 bits per heavy atom. The van der Waals surface area contributed by atoms with E-state index in [4.69, 9.17) is 4.74 Å². The van der Waals surface area contributed by atoms with E-state index in [1.54, 1.807) is 21.6 Å². The third kappa shape index (κ3) is 2.62. The minimum atomic E-state index is -0.377. The highest BCUT2D eigenvalue weighted by molar-refractivity contribution is 7.99. The second kappa shape index (κ2) is 5.49. The van der Waals surface area contributed by atoms with E-state index in [1.807, 2.05) is 13.8 Å². The van der Waals surface area contributed by atoms with Crippen LogP contribution >= 0.6 is 11.8 Å². The molecule has 8 heteroatoms. The first-order chi connectivity index (χ1) is 9.97. The van der Waals surface area contributed by atoms with Crippen LogP contribution in [0.4, 0.5) is 4.79 Å². The van der Waals surface area contributed by atoms with Crippen molar-refractivity contribution >= 4 is 29.6 Å². The van der Waals surface area contributed by atoms with E-state index in [1.165, 1.54) is 0 Å². The first-order valence-electron chi connectivity index (χ1n) is 7.10. The summed E-state index contributed by atoms with van der Waals surface area (Å²) in [5, 5.41) is 0. The molecular weight excluding hydrogens is 294 g/mol. The molecule has 3 heterocycles. The molecule has 0 aromatic rings. The monoisotopic (exact) mass is 313 g/mol. The van der Waals surface area contributed by atoms with E-state index in [0.29, 0.717) is 24.7 Å². The van der Waals surface area contributed by atoms with E-state index < -0.39 is 0 Å². The number of thioether (sulfide) groups is 1. The molecule has 0 spiro atoms. The molecule has 3 atom stereocenters. The summed E-state index contributed by atoms with van der Waals surface area (Å²) in [6.07, 6.45) is -0.0515. The summed E-state index contributed by atoms with van der Waals surface area (Å²) in [7, 11) is 0. The molecule has 3 unspecified atom stereocenters. The van der Waals surface area contributed by atoms with Crippen LogP contribution in [0.5, 0.6) is 0 Å². The minimum Gasteiger partial charge on any atom is -0.372 e. The lowest BCUT2D eigenvalue weighted by Crippen LogP contribution is -2.52. The zero-order valence-electron chi connectivity index (χ0n) is 12.2. The van der Waals surface area contributed by atoms with Crippen molar-refractivity contribution in [2.24, 2.45) is 0 Å². The van der Waals surface area contributed by atoms with Crippen LogP contribution < -0.4 is 0 Å². The maximum Gasteiger partial charge on any atom is 0.328 e. The molecule has 4 amide bonds. The van der Waals surface area contributed by atoms with Crippen LogP contribution in [0.1, 0.15) is 13.8 Å². The van der Waals surface area contributed by atoms with Crippen molar-refractivity contribution in [2.75, 3.05) is 31.3 Å². The van der Waals surface area contributed by atoms with Gasteiger partial charge in [-0.2, -0.15) is 0 Å². The minimum absolute atomic E-state index is 0.0257. The smallest absolute Gasteiger partial charge is 0.328 e. The van der Waals surface area contributed by atoms with Crippen molar-refractivity contribution in [1.29, 1.82) is 0 Å². The van der Waals surface area contributed by atoms with Gasteiger partial charge in [-0.3, -0.25) is 14.5 Å². The Labute approximate surface area is 127 Å². The topological polar surface area (TPSA) is 70.2 Å². The highest BCUT2D eigenvalue weighted by atomic mass is 32.2. The number of ether oxygens (including phenoxy) is 1. The fourth-order valence-corrected chi connectivity index (χ4v) is 4.17. The van der Waals surface area contributed by atoms with E-state index in [-0.39, 0.29) is 42.6 Å². The summed E-state index contributed by atoms with van der Waals surface area (Å²) in [6, 6.07) is -0.712. The number of carbonyl (C=O) groups excluding carboxylic acids is 3. The number of nitrogens with zero attached hydrogens (tertiary/aromatic N) is 3. The van der Waals surface area contributed by atoms with Crippen molar-refractivity contribution in [1.82, 2.24) is 14.7 Å². The van der Waals surface area contributed by atoms with E-state index in [9.17, 15) is 14.4 Å². The Hall–Kier alpha value is -1.28. The van der Waals surface area contributed by atoms with Gasteiger partial charge in [-0.05, 0) is 13.8 Å². The SMILES string of the molecule is CC1CN(C(=O)CN2C(=O)C3CSCN3C2=O)CC(C)O1. The van der Waals surface area contributed by atoms with Crippen molar-refractivity contribution < 1.29 is 19.1 Å². The summed E-state index contributed by atoms with van der Waals surface area (Å²) < 4.78 is 5.59. The van der Waals surface area contributed by atoms with Gasteiger partial charge in [0.25, 0.3) is 5.91 Å². The molecule has 0 N–H and O–H groups in total. The lowest BCUT2D eigenvalue weighted by atomic mass is 10.2. The number of urea groups is 1. The van der Waals surface area contributed by atoms with Crippen LogP contribution in [0.25, 0.3) is 0 Å². The van der Waals surface area contributed by atoms with Crippen LogP contribution in [0.15, 0.2) is 0 Å². The van der Waals surface area contributed by atoms with Gasteiger partial charge < -0.3 is 14.5 Å². The molecule has 116 valence electrons. The molecule has 21 heavy (non-hydrogen) atoms. The number of fused-ring (bicyclic) bond motifs is 1. The van der Waals surface area contributed by atoms with Crippen molar-refractivity contribution in [2.45, 2.75) is 32.1 Å². The summed E-state index contributed by atoms with van der Waals surface area (Å²) in [5.41, 5.74) is 0. The van der Waals surface area contributed by atoms with E-state index in [2.05, 4.69) is 0 Å². The Morgan fingerprint density at radius 3 is 2.57 bits per heavy atom. The van der Waals surface area contributed by atoms with Gasteiger partial charge in [0.2, 0.25) is 5.91 Å². The second-order valence-electron chi connectivity index (χ2n) is 5.75. The molecule has 3 aliphatic heterocycles. The van der Waals surface area contributed by atoms with Crippen molar-refractivity contribution in [3.05, 3.63) is 0 Å². The Kier molecular flexibility index (Phi) is 3.83. The molecule has 0 bridgehead atoms. The third-order valence-electron chi connectivity index (χ3n) is 3.98. The summed E-state index contributed by atoms with van der Waals surface area (Å²) in [6.45, 7) is 4.67. The van der Waals surface area contributed by atoms with Crippen LogP contribution in [0.2, 0.25) is 0 Å². The number of carbonyl (C=O) groups is 3. The highest BCUT2D eigenvalue weighted by Crippen LogP contribution is 2.29. The largest absolute Gasteiger partial charge is 0.372 e. The van der Waals surface area contributed by atoms with Crippen LogP contribution in [0, 0.1) is 0 Å². The number of hydrogen-bond donors (Lipinski definition) is 0. The number of amides is 4. The average Bonchev–Trinajstić information content (AvgIpc) is 2.97. The predicted octanol–water partition coefficient (Wildman–Crippen LogP) is -0.0407. The summed E-state index contributed by atoms with van der Waals surface area (Å²) in [5.74, 6) is 0.729. The van der Waals surface area contributed by atoms with Crippen LogP contribution in [-0.2, 0) is 14.3 Å². The third-order valence-corrected chi connectivity index (χ3v) is 4.99. The number of imide groups is 1. The normalized spacial score (nSPS) is 32.9. The Bertz CT molecular complexity index is 454. The molecule has 0 aromatic heterocycles. The lowest BCUT2D eigenvalue weighted by molar-refractivity contribution is -0.146. The molecule has 3 aliphatic rings. The molecule has 0 aromatic carbocycles. The summed E-state index contributed by atoms with van der Waals surface area (Å²) in [4.78, 5) is 41.0. The first-order valence-corrected chi connectivity index (χ1v) is 8.26. The fourth-order valence-electron chi connectivity index (χ4n) is 3.03. The molecule has 0 saturated carbocycles.